The molecule has 0 aliphatic heterocycles. The Morgan fingerprint density at radius 1 is 0.946 bits per heavy atom. The Morgan fingerprint density at radius 2 is 1.70 bits per heavy atom. The van der Waals surface area contributed by atoms with Gasteiger partial charge in [0.1, 0.15) is 0 Å². The van der Waals surface area contributed by atoms with Crippen LogP contribution in [0.25, 0.3) is 22.5 Å². The normalized spacial score (nSPS) is 14.2. The number of nitrogens with zero attached hydrogens (tertiary/aromatic N) is 3. The van der Waals surface area contributed by atoms with E-state index < -0.39 is 0 Å². The number of H-pyrrole nitrogens is 1. The Labute approximate surface area is 217 Å². The summed E-state index contributed by atoms with van der Waals surface area (Å²) in [7, 11) is 0. The van der Waals surface area contributed by atoms with Crippen LogP contribution in [0.3, 0.4) is 0 Å². The van der Waals surface area contributed by atoms with E-state index in [4.69, 9.17) is 0 Å². The maximum atomic E-state index is 13.1. The maximum absolute atomic E-state index is 13.1. The summed E-state index contributed by atoms with van der Waals surface area (Å²) in [4.78, 5) is 13.1. The molecule has 190 valence electrons. The van der Waals surface area contributed by atoms with Crippen molar-refractivity contribution in [3.05, 3.63) is 72.3 Å². The molecule has 4 N–H and O–H groups in total. The molecule has 3 aromatic carbocycles. The predicted molar refractivity (Wildman–Crippen MR) is 148 cm³/mol. The molecule has 8 heteroatoms. The number of carbonyl (C=O) groups excluding carboxylic acids is 1. The molecule has 37 heavy (non-hydrogen) atoms. The van der Waals surface area contributed by atoms with Crippen molar-refractivity contribution in [3.63, 3.8) is 0 Å². The standard InChI is InChI=1S/C29H33N7O/c1-18(2)27(20-7-6-8-20)31-25-16-13-21(23-9-4-5-10-24(23)28-33-35-36-34-28)17-26(25)32-29(37)30-22-14-11-19(3)12-15-22/h4-5,9-18,20,27,31H,6-8H2,1-3H3,(H2,30,32,37)(H,33,34,35,36). The first-order chi connectivity index (χ1) is 18.0. The largest absolute Gasteiger partial charge is 0.380 e. The minimum absolute atomic E-state index is 0.290. The van der Waals surface area contributed by atoms with Crippen molar-refractivity contribution in [3.8, 4) is 22.5 Å². The van der Waals surface area contributed by atoms with E-state index in [1.165, 1.54) is 19.3 Å². The van der Waals surface area contributed by atoms with Crippen LogP contribution in [0.15, 0.2) is 66.7 Å². The second-order valence-electron chi connectivity index (χ2n) is 10.1. The van der Waals surface area contributed by atoms with Gasteiger partial charge in [0.2, 0.25) is 0 Å². The van der Waals surface area contributed by atoms with Crippen LogP contribution in [0, 0.1) is 18.8 Å². The highest BCUT2D eigenvalue weighted by atomic mass is 16.2. The number of aryl methyl sites for hydroxylation is 1. The molecule has 1 fully saturated rings. The summed E-state index contributed by atoms with van der Waals surface area (Å²) in [6.07, 6.45) is 3.76. The van der Waals surface area contributed by atoms with E-state index in [0.29, 0.717) is 23.7 Å². The Kier molecular flexibility index (Phi) is 7.16. The molecule has 1 saturated carbocycles. The van der Waals surface area contributed by atoms with Gasteiger partial charge in [-0.15, -0.1) is 5.10 Å². The lowest BCUT2D eigenvalue weighted by atomic mass is 9.75. The summed E-state index contributed by atoms with van der Waals surface area (Å²) in [6, 6.07) is 21.9. The van der Waals surface area contributed by atoms with Gasteiger partial charge in [0.25, 0.3) is 0 Å². The molecule has 4 aromatic rings. The van der Waals surface area contributed by atoms with Crippen molar-refractivity contribution in [2.45, 2.75) is 46.1 Å². The van der Waals surface area contributed by atoms with Gasteiger partial charge in [-0.3, -0.25) is 0 Å². The fourth-order valence-corrected chi connectivity index (χ4v) is 4.88. The highest BCUT2D eigenvalue weighted by molar-refractivity contribution is 6.02. The van der Waals surface area contributed by atoms with Crippen LogP contribution in [-0.4, -0.2) is 32.7 Å². The minimum atomic E-state index is -0.290. The maximum Gasteiger partial charge on any atom is 0.323 e. The number of hydrogen-bond acceptors (Lipinski definition) is 5. The van der Waals surface area contributed by atoms with Crippen molar-refractivity contribution < 1.29 is 4.79 Å². The molecule has 0 bridgehead atoms. The number of tetrazole rings is 1. The topological polar surface area (TPSA) is 108 Å². The molecule has 1 aliphatic rings. The second kappa shape index (κ2) is 10.8. The molecule has 1 aliphatic carbocycles. The summed E-state index contributed by atoms with van der Waals surface area (Å²) in [6.45, 7) is 6.53. The van der Waals surface area contributed by atoms with E-state index in [9.17, 15) is 4.79 Å². The van der Waals surface area contributed by atoms with Gasteiger partial charge in [-0.1, -0.05) is 68.3 Å². The number of hydrogen-bond donors (Lipinski definition) is 4. The molecule has 1 unspecified atom stereocenters. The Bertz CT molecular complexity index is 1350. The van der Waals surface area contributed by atoms with Gasteiger partial charge in [0.05, 0.1) is 11.4 Å². The quantitative estimate of drug-likeness (QED) is 0.217. The molecule has 1 atom stereocenters. The van der Waals surface area contributed by atoms with Crippen LogP contribution in [0.2, 0.25) is 0 Å². The van der Waals surface area contributed by atoms with Crippen LogP contribution in [-0.2, 0) is 0 Å². The number of carbonyl (C=O) groups is 1. The van der Waals surface area contributed by atoms with Gasteiger partial charge in [0, 0.05) is 17.3 Å². The van der Waals surface area contributed by atoms with Gasteiger partial charge in [-0.05, 0) is 77.4 Å². The summed E-state index contributed by atoms with van der Waals surface area (Å²) >= 11 is 0. The first-order valence-electron chi connectivity index (χ1n) is 12.9. The van der Waals surface area contributed by atoms with E-state index in [1.807, 2.05) is 61.5 Å². The van der Waals surface area contributed by atoms with E-state index in [1.54, 1.807) is 0 Å². The third-order valence-electron chi connectivity index (χ3n) is 7.11. The van der Waals surface area contributed by atoms with Crippen molar-refractivity contribution >= 4 is 23.1 Å². The van der Waals surface area contributed by atoms with Gasteiger partial charge in [0.15, 0.2) is 5.82 Å². The molecular formula is C29H33N7O. The molecular weight excluding hydrogens is 462 g/mol. The smallest absolute Gasteiger partial charge is 0.323 e. The SMILES string of the molecule is Cc1ccc(NC(=O)Nc2cc(-c3ccccc3-c3nnn[nH]3)ccc2NC(C(C)C)C2CCC2)cc1. The molecule has 5 rings (SSSR count). The van der Waals surface area contributed by atoms with Crippen LogP contribution >= 0.6 is 0 Å². The van der Waals surface area contributed by atoms with Crippen LogP contribution < -0.4 is 16.0 Å². The highest BCUT2D eigenvalue weighted by Crippen LogP contribution is 2.38. The lowest BCUT2D eigenvalue weighted by Gasteiger charge is -2.38. The van der Waals surface area contributed by atoms with Crippen LogP contribution in [0.4, 0.5) is 21.9 Å². The zero-order valence-electron chi connectivity index (χ0n) is 21.5. The monoisotopic (exact) mass is 495 g/mol. The van der Waals surface area contributed by atoms with Crippen molar-refractivity contribution in [2.24, 2.45) is 11.8 Å². The second-order valence-corrected chi connectivity index (χ2v) is 10.1. The number of benzene rings is 3. The number of amides is 2. The van der Waals surface area contributed by atoms with Crippen molar-refractivity contribution in [2.75, 3.05) is 16.0 Å². The van der Waals surface area contributed by atoms with Gasteiger partial charge in [-0.2, -0.15) is 0 Å². The van der Waals surface area contributed by atoms with Gasteiger partial charge in [-0.25, -0.2) is 9.89 Å². The average molecular weight is 496 g/mol. The molecule has 0 spiro atoms. The van der Waals surface area contributed by atoms with E-state index >= 15 is 0 Å². The molecule has 0 saturated heterocycles. The predicted octanol–water partition coefficient (Wildman–Crippen LogP) is 6.72. The van der Waals surface area contributed by atoms with Crippen molar-refractivity contribution in [1.29, 1.82) is 0 Å². The number of anilines is 3. The molecule has 2 amide bonds. The molecule has 0 radical (unpaired) electrons. The third kappa shape index (κ3) is 5.63. The number of rotatable bonds is 8. The summed E-state index contributed by atoms with van der Waals surface area (Å²) < 4.78 is 0. The molecule has 8 nitrogen and oxygen atoms in total. The number of aromatic nitrogens is 4. The first-order valence-corrected chi connectivity index (χ1v) is 12.9. The zero-order chi connectivity index (χ0) is 25.8. The Morgan fingerprint density at radius 3 is 2.35 bits per heavy atom. The number of urea groups is 1. The van der Waals surface area contributed by atoms with Gasteiger partial charge < -0.3 is 16.0 Å². The van der Waals surface area contributed by atoms with Crippen molar-refractivity contribution in [1.82, 2.24) is 20.6 Å². The van der Waals surface area contributed by atoms with Gasteiger partial charge >= 0.3 is 6.03 Å². The highest BCUT2D eigenvalue weighted by Gasteiger charge is 2.30. The zero-order valence-corrected chi connectivity index (χ0v) is 21.5. The van der Waals surface area contributed by atoms with E-state index in [-0.39, 0.29) is 6.03 Å². The average Bonchev–Trinajstić information content (AvgIpc) is 3.40. The Balaban J connectivity index is 1.48. The first kappa shape index (κ1) is 24.5. The fraction of sp³-hybridized carbons (Fsp3) is 0.310. The summed E-state index contributed by atoms with van der Waals surface area (Å²) in [5.74, 6) is 1.71. The molecule has 1 heterocycles. The lowest BCUT2D eigenvalue weighted by molar-refractivity contribution is 0.237. The minimum Gasteiger partial charge on any atom is -0.380 e. The summed E-state index contributed by atoms with van der Waals surface area (Å²) in [5, 5.41) is 24.2. The summed E-state index contributed by atoms with van der Waals surface area (Å²) in [5.41, 5.74) is 6.32. The van der Waals surface area contributed by atoms with Crippen LogP contribution in [0.5, 0.6) is 0 Å². The van der Waals surface area contributed by atoms with Crippen LogP contribution in [0.1, 0.15) is 38.7 Å². The number of aromatic amines is 1. The third-order valence-corrected chi connectivity index (χ3v) is 7.11. The van der Waals surface area contributed by atoms with E-state index in [0.717, 1.165) is 39.3 Å². The fourth-order valence-electron chi connectivity index (χ4n) is 4.88. The lowest BCUT2D eigenvalue weighted by Crippen LogP contribution is -2.38. The molecule has 1 aromatic heterocycles. The van der Waals surface area contributed by atoms with E-state index in [2.05, 4.69) is 62.6 Å². The Hall–Kier alpha value is -4.20. The number of nitrogens with one attached hydrogen (secondary N) is 4.